The van der Waals surface area contributed by atoms with E-state index in [9.17, 15) is 13.5 Å². The Hall–Kier alpha value is -0.130. The van der Waals surface area contributed by atoms with E-state index in [2.05, 4.69) is 5.32 Å². The van der Waals surface area contributed by atoms with Crippen molar-refractivity contribution in [3.8, 4) is 0 Å². The lowest BCUT2D eigenvalue weighted by molar-refractivity contribution is 0.0540. The fourth-order valence-corrected chi connectivity index (χ4v) is 2.06. The number of hydrogen-bond acceptors (Lipinski definition) is 4. The van der Waals surface area contributed by atoms with Gasteiger partial charge in [0.25, 0.3) is 0 Å². The lowest BCUT2D eigenvalue weighted by Gasteiger charge is -2.24. The van der Waals surface area contributed by atoms with Crippen molar-refractivity contribution in [3.05, 3.63) is 0 Å². The molecule has 0 spiro atoms. The standard InChI is InChI=1S/C9H21NO3S/c1-5-9(3,11)7-10-8(2)6-14(4,12)13/h8,10-11H,5-7H2,1-4H3. The molecule has 0 aromatic rings. The maximum absolute atomic E-state index is 10.9. The molecule has 0 fully saturated rings. The Morgan fingerprint density at radius 3 is 2.36 bits per heavy atom. The molecule has 0 rings (SSSR count). The van der Waals surface area contributed by atoms with Crippen molar-refractivity contribution < 1.29 is 13.5 Å². The van der Waals surface area contributed by atoms with Gasteiger partial charge in [-0.25, -0.2) is 8.42 Å². The molecule has 2 atom stereocenters. The van der Waals surface area contributed by atoms with Crippen LogP contribution in [-0.2, 0) is 9.84 Å². The summed E-state index contributed by atoms with van der Waals surface area (Å²) in [6.07, 6.45) is 1.86. The third-order valence-electron chi connectivity index (χ3n) is 2.15. The summed E-state index contributed by atoms with van der Waals surface area (Å²) in [6, 6.07) is -0.122. The van der Waals surface area contributed by atoms with Crippen molar-refractivity contribution in [2.24, 2.45) is 0 Å². The van der Waals surface area contributed by atoms with Gasteiger partial charge in [0.2, 0.25) is 0 Å². The summed E-state index contributed by atoms with van der Waals surface area (Å²) in [4.78, 5) is 0. The Morgan fingerprint density at radius 2 is 2.00 bits per heavy atom. The van der Waals surface area contributed by atoms with Crippen LogP contribution in [-0.4, -0.2) is 43.7 Å². The topological polar surface area (TPSA) is 66.4 Å². The lowest BCUT2D eigenvalue weighted by atomic mass is 10.0. The van der Waals surface area contributed by atoms with Gasteiger partial charge < -0.3 is 10.4 Å². The second-order valence-electron chi connectivity index (χ2n) is 4.22. The van der Waals surface area contributed by atoms with E-state index in [1.165, 1.54) is 6.26 Å². The highest BCUT2D eigenvalue weighted by Gasteiger charge is 2.19. The van der Waals surface area contributed by atoms with Crippen LogP contribution in [0, 0.1) is 0 Å². The molecule has 0 bridgehead atoms. The van der Waals surface area contributed by atoms with Crippen LogP contribution in [0.25, 0.3) is 0 Å². The maximum Gasteiger partial charge on any atom is 0.148 e. The van der Waals surface area contributed by atoms with Crippen molar-refractivity contribution in [1.29, 1.82) is 0 Å². The van der Waals surface area contributed by atoms with E-state index < -0.39 is 15.4 Å². The Kier molecular flexibility index (Phi) is 5.05. The molecule has 4 nitrogen and oxygen atoms in total. The molecule has 0 aliphatic carbocycles. The van der Waals surface area contributed by atoms with Crippen LogP contribution in [0.15, 0.2) is 0 Å². The average molecular weight is 223 g/mol. The van der Waals surface area contributed by atoms with Crippen LogP contribution in [0.4, 0.5) is 0 Å². The molecule has 14 heavy (non-hydrogen) atoms. The molecule has 0 amide bonds. The Balaban J connectivity index is 3.92. The zero-order valence-corrected chi connectivity index (χ0v) is 10.2. The van der Waals surface area contributed by atoms with E-state index in [1.807, 2.05) is 6.92 Å². The molecule has 5 heteroatoms. The van der Waals surface area contributed by atoms with Gasteiger partial charge in [0.15, 0.2) is 0 Å². The normalized spacial score (nSPS) is 18.9. The van der Waals surface area contributed by atoms with Crippen molar-refractivity contribution in [2.75, 3.05) is 18.6 Å². The molecule has 2 unspecified atom stereocenters. The van der Waals surface area contributed by atoms with Crippen LogP contribution < -0.4 is 5.32 Å². The SMILES string of the molecule is CCC(C)(O)CNC(C)CS(C)(=O)=O. The number of hydrogen-bond donors (Lipinski definition) is 2. The van der Waals surface area contributed by atoms with Crippen LogP contribution in [0.2, 0.25) is 0 Å². The molecule has 0 radical (unpaired) electrons. The van der Waals surface area contributed by atoms with Crippen LogP contribution >= 0.6 is 0 Å². The Labute approximate surface area is 86.6 Å². The summed E-state index contributed by atoms with van der Waals surface area (Å²) in [5.41, 5.74) is -0.758. The van der Waals surface area contributed by atoms with Gasteiger partial charge in [-0.15, -0.1) is 0 Å². The van der Waals surface area contributed by atoms with Gasteiger partial charge in [-0.2, -0.15) is 0 Å². The zero-order valence-electron chi connectivity index (χ0n) is 9.37. The molecule has 0 heterocycles. The van der Waals surface area contributed by atoms with Gasteiger partial charge in [0.05, 0.1) is 11.4 Å². The summed E-state index contributed by atoms with van der Waals surface area (Å²) in [5, 5.41) is 12.7. The molecule has 0 saturated carbocycles. The minimum absolute atomic E-state index is 0.104. The maximum atomic E-state index is 10.9. The first-order valence-electron chi connectivity index (χ1n) is 4.80. The van der Waals surface area contributed by atoms with E-state index in [-0.39, 0.29) is 11.8 Å². The van der Waals surface area contributed by atoms with E-state index >= 15 is 0 Å². The monoisotopic (exact) mass is 223 g/mol. The molecule has 2 N–H and O–H groups in total. The summed E-state index contributed by atoms with van der Waals surface area (Å²) in [5.74, 6) is 0.104. The van der Waals surface area contributed by atoms with E-state index in [0.717, 1.165) is 0 Å². The van der Waals surface area contributed by atoms with Gasteiger partial charge in [-0.1, -0.05) is 6.92 Å². The number of sulfone groups is 1. The number of nitrogens with one attached hydrogen (secondary N) is 1. The number of rotatable bonds is 6. The first-order valence-corrected chi connectivity index (χ1v) is 6.86. The van der Waals surface area contributed by atoms with Crippen molar-refractivity contribution in [3.63, 3.8) is 0 Å². The third-order valence-corrected chi connectivity index (χ3v) is 3.25. The predicted octanol–water partition coefficient (Wildman–Crippen LogP) is 0.170. The predicted molar refractivity (Wildman–Crippen MR) is 58.1 cm³/mol. The minimum Gasteiger partial charge on any atom is -0.389 e. The van der Waals surface area contributed by atoms with E-state index in [1.54, 1.807) is 13.8 Å². The highest BCUT2D eigenvalue weighted by atomic mass is 32.2. The summed E-state index contributed by atoms with van der Waals surface area (Å²) >= 11 is 0. The van der Waals surface area contributed by atoms with E-state index in [4.69, 9.17) is 0 Å². The fourth-order valence-electron chi connectivity index (χ4n) is 1.03. The van der Waals surface area contributed by atoms with Crippen molar-refractivity contribution in [1.82, 2.24) is 5.32 Å². The molecular weight excluding hydrogens is 202 g/mol. The Bertz CT molecular complexity index is 259. The van der Waals surface area contributed by atoms with Crippen LogP contribution in [0.1, 0.15) is 27.2 Å². The first kappa shape index (κ1) is 13.9. The second kappa shape index (κ2) is 5.09. The lowest BCUT2D eigenvalue weighted by Crippen LogP contribution is -2.43. The van der Waals surface area contributed by atoms with Crippen molar-refractivity contribution >= 4 is 9.84 Å². The van der Waals surface area contributed by atoms with Crippen molar-refractivity contribution in [2.45, 2.75) is 38.8 Å². The molecular formula is C9H21NO3S. The van der Waals surface area contributed by atoms with Gasteiger partial charge in [0, 0.05) is 18.8 Å². The highest BCUT2D eigenvalue weighted by molar-refractivity contribution is 7.90. The first-order chi connectivity index (χ1) is 6.16. The summed E-state index contributed by atoms with van der Waals surface area (Å²) in [6.45, 7) is 5.84. The Morgan fingerprint density at radius 1 is 1.50 bits per heavy atom. The van der Waals surface area contributed by atoms with Gasteiger partial charge in [0.1, 0.15) is 9.84 Å². The van der Waals surface area contributed by atoms with E-state index in [0.29, 0.717) is 13.0 Å². The third kappa shape index (κ3) is 7.29. The molecule has 0 aliphatic rings. The van der Waals surface area contributed by atoms with Crippen LogP contribution in [0.3, 0.4) is 0 Å². The number of aliphatic hydroxyl groups is 1. The van der Waals surface area contributed by atoms with Gasteiger partial charge in [-0.05, 0) is 20.3 Å². The highest BCUT2D eigenvalue weighted by Crippen LogP contribution is 2.06. The van der Waals surface area contributed by atoms with Crippen LogP contribution in [0.5, 0.6) is 0 Å². The molecule has 0 aromatic carbocycles. The van der Waals surface area contributed by atoms with Gasteiger partial charge >= 0.3 is 0 Å². The minimum atomic E-state index is -2.94. The molecule has 86 valence electrons. The average Bonchev–Trinajstić information content (AvgIpc) is 1.98. The quantitative estimate of drug-likeness (QED) is 0.673. The molecule has 0 aromatic heterocycles. The smallest absolute Gasteiger partial charge is 0.148 e. The second-order valence-corrected chi connectivity index (χ2v) is 6.41. The molecule has 0 saturated heterocycles. The molecule has 0 aliphatic heterocycles. The largest absolute Gasteiger partial charge is 0.389 e. The summed E-state index contributed by atoms with van der Waals surface area (Å²) in [7, 11) is -2.94. The zero-order chi connectivity index (χ0) is 11.4. The summed E-state index contributed by atoms with van der Waals surface area (Å²) < 4.78 is 21.9. The van der Waals surface area contributed by atoms with Gasteiger partial charge in [-0.3, -0.25) is 0 Å². The fraction of sp³-hybridized carbons (Fsp3) is 1.00.